The molecule has 0 saturated carbocycles. The van der Waals surface area contributed by atoms with Crippen molar-refractivity contribution in [2.45, 2.75) is 32.5 Å². The highest BCUT2D eigenvalue weighted by Crippen LogP contribution is 2.24. The van der Waals surface area contributed by atoms with Gasteiger partial charge in [0.05, 0.1) is 13.2 Å². The molecular weight excluding hydrogens is 468 g/mol. The number of halogens is 3. The van der Waals surface area contributed by atoms with Gasteiger partial charge in [0.1, 0.15) is 24.6 Å². The quantitative estimate of drug-likeness (QED) is 0.551. The molecule has 1 amide bonds. The maximum Gasteiger partial charge on any atom is 0.276 e. The molecule has 2 aromatic carbocycles. The molecule has 0 bridgehead atoms. The first kappa shape index (κ1) is 23.8. The number of benzene rings is 2. The Morgan fingerprint density at radius 2 is 2.03 bits per heavy atom. The predicted octanol–water partition coefficient (Wildman–Crippen LogP) is 3.07. The molecule has 0 saturated heterocycles. The summed E-state index contributed by atoms with van der Waals surface area (Å²) in [5, 5.41) is 8.78. The van der Waals surface area contributed by atoms with Crippen LogP contribution in [0.2, 0.25) is 5.02 Å². The van der Waals surface area contributed by atoms with E-state index in [1.54, 1.807) is 4.90 Å². The second-order valence-electron chi connectivity index (χ2n) is 7.91. The average molecular weight is 490 g/mol. The molecule has 0 unspecified atom stereocenters. The topological polar surface area (TPSA) is 84.7 Å². The molecule has 0 spiro atoms. The number of hydrogen-bond donors (Lipinski definition) is 1. The third-order valence-electron chi connectivity index (χ3n) is 5.71. The van der Waals surface area contributed by atoms with Crippen molar-refractivity contribution in [1.29, 1.82) is 0 Å². The number of carbonyl (C=O) groups is 1. The van der Waals surface area contributed by atoms with Crippen LogP contribution in [0.15, 0.2) is 47.5 Å². The summed E-state index contributed by atoms with van der Waals surface area (Å²) in [4.78, 5) is 30.7. The Balaban J connectivity index is 1.50. The van der Waals surface area contributed by atoms with Crippen LogP contribution in [0.1, 0.15) is 28.7 Å². The first-order valence-corrected chi connectivity index (χ1v) is 11.0. The average Bonchev–Trinajstić information content (AvgIpc) is 2.82. The maximum absolute atomic E-state index is 13.8. The van der Waals surface area contributed by atoms with Crippen molar-refractivity contribution in [1.82, 2.24) is 14.5 Å². The monoisotopic (exact) mass is 489 g/mol. The SMILES string of the molecule is O=C(CCO)N1CCc2c(cccc2Cn2cnc(OCc3ccc(F)cc3F)c(Cl)c2=O)C1. The zero-order valence-electron chi connectivity index (χ0n) is 18.1. The maximum atomic E-state index is 13.8. The van der Waals surface area contributed by atoms with Crippen LogP contribution in [-0.2, 0) is 30.9 Å². The summed E-state index contributed by atoms with van der Waals surface area (Å²) < 4.78 is 33.6. The molecule has 10 heteroatoms. The number of nitrogens with zero attached hydrogens (tertiary/aromatic N) is 3. The van der Waals surface area contributed by atoms with Crippen molar-refractivity contribution in [2.75, 3.05) is 13.2 Å². The number of aliphatic hydroxyl groups is 1. The van der Waals surface area contributed by atoms with Crippen molar-refractivity contribution in [3.63, 3.8) is 0 Å². The van der Waals surface area contributed by atoms with Gasteiger partial charge in [-0.1, -0.05) is 29.8 Å². The van der Waals surface area contributed by atoms with E-state index in [9.17, 15) is 18.4 Å². The van der Waals surface area contributed by atoms with Gasteiger partial charge in [0, 0.05) is 31.1 Å². The molecular formula is C24H22ClF2N3O4. The summed E-state index contributed by atoms with van der Waals surface area (Å²) in [5.74, 6) is -1.70. The van der Waals surface area contributed by atoms with E-state index in [0.29, 0.717) is 19.5 Å². The number of fused-ring (bicyclic) bond motifs is 1. The normalized spacial score (nSPS) is 13.0. The molecule has 1 aliphatic rings. The summed E-state index contributed by atoms with van der Waals surface area (Å²) >= 11 is 6.18. The second kappa shape index (κ2) is 10.3. The van der Waals surface area contributed by atoms with Gasteiger partial charge in [-0.3, -0.25) is 14.2 Å². The fourth-order valence-corrected chi connectivity index (χ4v) is 4.15. The molecule has 0 fully saturated rings. The van der Waals surface area contributed by atoms with E-state index in [1.165, 1.54) is 17.0 Å². The Kier molecular flexibility index (Phi) is 7.23. The minimum Gasteiger partial charge on any atom is -0.471 e. The fraction of sp³-hybridized carbons (Fsp3) is 0.292. The lowest BCUT2D eigenvalue weighted by molar-refractivity contribution is -0.132. The van der Waals surface area contributed by atoms with E-state index < -0.39 is 17.2 Å². The Bertz CT molecular complexity index is 1280. The van der Waals surface area contributed by atoms with Gasteiger partial charge < -0.3 is 14.7 Å². The molecule has 2 heterocycles. The number of carbonyl (C=O) groups excluding carboxylic acids is 1. The summed E-state index contributed by atoms with van der Waals surface area (Å²) in [6, 6.07) is 8.81. The largest absolute Gasteiger partial charge is 0.471 e. The number of aliphatic hydroxyl groups excluding tert-OH is 1. The van der Waals surface area contributed by atoms with Crippen LogP contribution in [0, 0.1) is 11.6 Å². The zero-order valence-corrected chi connectivity index (χ0v) is 18.9. The fourth-order valence-electron chi connectivity index (χ4n) is 3.93. The molecule has 1 aromatic heterocycles. The van der Waals surface area contributed by atoms with E-state index >= 15 is 0 Å². The van der Waals surface area contributed by atoms with Gasteiger partial charge in [-0.15, -0.1) is 0 Å². The smallest absolute Gasteiger partial charge is 0.276 e. The van der Waals surface area contributed by atoms with Crippen molar-refractivity contribution >= 4 is 17.5 Å². The molecule has 178 valence electrons. The molecule has 3 aromatic rings. The van der Waals surface area contributed by atoms with E-state index in [4.69, 9.17) is 21.4 Å². The van der Waals surface area contributed by atoms with Crippen LogP contribution >= 0.6 is 11.6 Å². The van der Waals surface area contributed by atoms with Gasteiger partial charge in [-0.05, 0) is 35.2 Å². The van der Waals surface area contributed by atoms with Crippen LogP contribution in [0.5, 0.6) is 5.88 Å². The van der Waals surface area contributed by atoms with Crippen LogP contribution < -0.4 is 10.3 Å². The van der Waals surface area contributed by atoms with E-state index in [1.807, 2.05) is 18.2 Å². The van der Waals surface area contributed by atoms with Gasteiger partial charge in [-0.25, -0.2) is 13.8 Å². The Hall–Kier alpha value is -3.30. The highest BCUT2D eigenvalue weighted by molar-refractivity contribution is 6.31. The highest BCUT2D eigenvalue weighted by atomic mass is 35.5. The standard InChI is InChI=1S/C24H22ClF2N3O4/c25-22-23(34-13-17-4-5-18(26)10-20(17)27)28-14-30(24(22)33)12-16-3-1-2-15-11-29(8-6-19(15)16)21(32)7-9-31/h1-5,10,14,31H,6-9,11-13H2. The van der Waals surface area contributed by atoms with Gasteiger partial charge in [0.15, 0.2) is 5.02 Å². The van der Waals surface area contributed by atoms with Crippen molar-refractivity contribution in [3.8, 4) is 5.88 Å². The lowest BCUT2D eigenvalue weighted by Gasteiger charge is -2.30. The van der Waals surface area contributed by atoms with E-state index in [-0.39, 0.29) is 48.6 Å². The molecule has 0 radical (unpaired) electrons. The minimum atomic E-state index is -0.769. The first-order valence-electron chi connectivity index (χ1n) is 10.7. The number of amides is 1. The van der Waals surface area contributed by atoms with Gasteiger partial charge >= 0.3 is 0 Å². The zero-order chi connectivity index (χ0) is 24.2. The molecule has 0 aliphatic carbocycles. The number of ether oxygens (including phenoxy) is 1. The third kappa shape index (κ3) is 5.10. The minimum absolute atomic E-state index is 0.0941. The van der Waals surface area contributed by atoms with E-state index in [0.717, 1.165) is 28.8 Å². The molecule has 1 aliphatic heterocycles. The number of aromatic nitrogens is 2. The van der Waals surface area contributed by atoms with Crippen LogP contribution in [0.4, 0.5) is 8.78 Å². The predicted molar refractivity (Wildman–Crippen MR) is 121 cm³/mol. The number of rotatable bonds is 7. The summed E-state index contributed by atoms with van der Waals surface area (Å²) in [6.07, 6.45) is 2.03. The van der Waals surface area contributed by atoms with Crippen LogP contribution in [0.3, 0.4) is 0 Å². The highest BCUT2D eigenvalue weighted by Gasteiger charge is 2.22. The molecule has 7 nitrogen and oxygen atoms in total. The van der Waals surface area contributed by atoms with Crippen molar-refractivity contribution < 1.29 is 23.4 Å². The third-order valence-corrected chi connectivity index (χ3v) is 6.04. The lowest BCUT2D eigenvalue weighted by Crippen LogP contribution is -2.36. The number of hydrogen-bond acceptors (Lipinski definition) is 5. The Morgan fingerprint density at radius 3 is 2.79 bits per heavy atom. The summed E-state index contributed by atoms with van der Waals surface area (Å²) in [5.41, 5.74) is 2.55. The second-order valence-corrected chi connectivity index (χ2v) is 8.29. The lowest BCUT2D eigenvalue weighted by atomic mass is 9.94. The molecule has 0 atom stereocenters. The summed E-state index contributed by atoms with van der Waals surface area (Å²) in [7, 11) is 0. The van der Waals surface area contributed by atoms with Crippen LogP contribution in [0.25, 0.3) is 0 Å². The van der Waals surface area contributed by atoms with E-state index in [2.05, 4.69) is 4.98 Å². The van der Waals surface area contributed by atoms with Crippen molar-refractivity contribution in [3.05, 3.63) is 92.0 Å². The van der Waals surface area contributed by atoms with Gasteiger partial charge in [0.25, 0.3) is 5.56 Å². The molecule has 34 heavy (non-hydrogen) atoms. The van der Waals surface area contributed by atoms with Gasteiger partial charge in [0.2, 0.25) is 11.8 Å². The summed E-state index contributed by atoms with van der Waals surface area (Å²) in [6.45, 7) is 0.760. The molecule has 1 N–H and O–H groups in total. The molecule has 4 rings (SSSR count). The first-order chi connectivity index (χ1) is 16.4. The Labute approximate surface area is 199 Å². The van der Waals surface area contributed by atoms with Crippen molar-refractivity contribution in [2.24, 2.45) is 0 Å². The Morgan fingerprint density at radius 1 is 1.21 bits per heavy atom. The van der Waals surface area contributed by atoms with Gasteiger partial charge in [-0.2, -0.15) is 0 Å². The van der Waals surface area contributed by atoms with Crippen LogP contribution in [-0.4, -0.2) is 38.6 Å².